The average molecular weight is 350 g/mol. The van der Waals surface area contributed by atoms with Crippen molar-refractivity contribution in [3.05, 3.63) is 77.2 Å². The molecule has 2 rings (SSSR count). The van der Waals surface area contributed by atoms with Crippen LogP contribution >= 0.6 is 0 Å². The first kappa shape index (κ1) is 18.9. The molecule has 1 atom stereocenters. The maximum absolute atomic E-state index is 9.55. The largest absolute Gasteiger partial charge is 0.508 e. The number of allylic oxidation sites excluding steroid dienone is 2. The van der Waals surface area contributed by atoms with E-state index in [0.29, 0.717) is 17.2 Å². The number of hydrogen-bond acceptors (Lipinski definition) is 5. The Morgan fingerprint density at radius 1 is 1.19 bits per heavy atom. The number of methoxy groups -OCH3 is 2. The maximum atomic E-state index is 9.55. The molecule has 0 aromatic heterocycles. The van der Waals surface area contributed by atoms with E-state index in [4.69, 9.17) is 9.47 Å². The average Bonchev–Trinajstić information content (AvgIpc) is 2.68. The summed E-state index contributed by atoms with van der Waals surface area (Å²) in [6.07, 6.45) is 3.37. The van der Waals surface area contributed by atoms with Crippen LogP contribution in [0.25, 0.3) is 6.08 Å². The van der Waals surface area contributed by atoms with Crippen LogP contribution in [0.4, 0.5) is 0 Å². The fourth-order valence-corrected chi connectivity index (χ4v) is 2.44. The number of nitriles is 1. The highest BCUT2D eigenvalue weighted by molar-refractivity contribution is 5.62. The minimum Gasteiger partial charge on any atom is -0.508 e. The maximum Gasteiger partial charge on any atom is 0.129 e. The minimum absolute atomic E-state index is 0.0246. The zero-order chi connectivity index (χ0) is 18.9. The molecule has 0 bridgehead atoms. The minimum atomic E-state index is -0.0246. The van der Waals surface area contributed by atoms with E-state index < -0.39 is 0 Å². The normalized spacial score (nSPS) is 12.8. The number of hydrogen-bond donors (Lipinski definition) is 2. The van der Waals surface area contributed by atoms with Crippen LogP contribution in [0.3, 0.4) is 0 Å². The first-order valence-corrected chi connectivity index (χ1v) is 8.13. The summed E-state index contributed by atoms with van der Waals surface area (Å²) >= 11 is 0. The van der Waals surface area contributed by atoms with Crippen molar-refractivity contribution in [2.75, 3.05) is 14.2 Å². The first-order chi connectivity index (χ1) is 12.6. The highest BCUT2D eigenvalue weighted by Crippen LogP contribution is 2.26. The zero-order valence-corrected chi connectivity index (χ0v) is 15.1. The van der Waals surface area contributed by atoms with Crippen molar-refractivity contribution in [3.8, 4) is 17.6 Å². The molecular weight excluding hydrogens is 328 g/mol. The second-order valence-electron chi connectivity index (χ2n) is 5.62. The van der Waals surface area contributed by atoms with Crippen molar-refractivity contribution in [1.82, 2.24) is 5.32 Å². The number of nitrogens with zero attached hydrogens (tertiary/aromatic N) is 1. The van der Waals surface area contributed by atoms with Crippen LogP contribution in [0.2, 0.25) is 0 Å². The van der Waals surface area contributed by atoms with E-state index in [0.717, 1.165) is 11.1 Å². The van der Waals surface area contributed by atoms with E-state index in [-0.39, 0.29) is 11.8 Å². The number of phenols is 1. The first-order valence-electron chi connectivity index (χ1n) is 8.13. The fraction of sp³-hybridized carbons (Fsp3) is 0.190. The molecule has 0 amide bonds. The topological polar surface area (TPSA) is 74.5 Å². The van der Waals surface area contributed by atoms with Gasteiger partial charge in [-0.25, -0.2) is 0 Å². The molecule has 26 heavy (non-hydrogen) atoms. The number of benzene rings is 2. The van der Waals surface area contributed by atoms with E-state index in [1.54, 1.807) is 24.3 Å². The van der Waals surface area contributed by atoms with E-state index in [9.17, 15) is 10.4 Å². The quantitative estimate of drug-likeness (QED) is 0.446. The van der Waals surface area contributed by atoms with Crippen LogP contribution in [-0.4, -0.2) is 19.3 Å². The predicted octanol–water partition coefficient (Wildman–Crippen LogP) is 4.15. The van der Waals surface area contributed by atoms with Gasteiger partial charge in [-0.05, 0) is 30.7 Å². The number of ether oxygens (including phenoxy) is 2. The van der Waals surface area contributed by atoms with E-state index in [2.05, 4.69) is 11.4 Å². The Hall–Kier alpha value is -3.39. The fourth-order valence-electron chi connectivity index (χ4n) is 2.44. The van der Waals surface area contributed by atoms with Gasteiger partial charge in [0.25, 0.3) is 0 Å². The van der Waals surface area contributed by atoms with Crippen LogP contribution in [0.5, 0.6) is 11.5 Å². The lowest BCUT2D eigenvalue weighted by atomic mass is 10.1. The SMILES string of the molecule is COC(C=C(C#N)NC(C)c1ccccc1)=Cc1ccc(O)cc1OC. The van der Waals surface area contributed by atoms with Crippen molar-refractivity contribution in [2.45, 2.75) is 13.0 Å². The molecule has 0 saturated heterocycles. The Bertz CT molecular complexity index is 836. The third kappa shape index (κ3) is 5.05. The lowest BCUT2D eigenvalue weighted by molar-refractivity contribution is 0.309. The summed E-state index contributed by atoms with van der Waals surface area (Å²) in [5, 5.41) is 22.2. The lowest BCUT2D eigenvalue weighted by Gasteiger charge is -2.15. The highest BCUT2D eigenvalue weighted by atomic mass is 16.5. The smallest absolute Gasteiger partial charge is 0.129 e. The van der Waals surface area contributed by atoms with Gasteiger partial charge < -0.3 is 19.9 Å². The van der Waals surface area contributed by atoms with E-state index >= 15 is 0 Å². The Morgan fingerprint density at radius 3 is 2.54 bits per heavy atom. The van der Waals surface area contributed by atoms with Crippen molar-refractivity contribution < 1.29 is 14.6 Å². The van der Waals surface area contributed by atoms with Gasteiger partial charge in [0.15, 0.2) is 0 Å². The molecule has 0 spiro atoms. The molecule has 0 radical (unpaired) electrons. The van der Waals surface area contributed by atoms with Crippen molar-refractivity contribution in [1.29, 1.82) is 5.26 Å². The third-order valence-electron chi connectivity index (χ3n) is 3.83. The second kappa shape index (κ2) is 9.19. The summed E-state index contributed by atoms with van der Waals surface area (Å²) in [7, 11) is 3.06. The van der Waals surface area contributed by atoms with Gasteiger partial charge in [0, 0.05) is 23.7 Å². The van der Waals surface area contributed by atoms with Gasteiger partial charge in [-0.3, -0.25) is 0 Å². The summed E-state index contributed by atoms with van der Waals surface area (Å²) in [4.78, 5) is 0. The van der Waals surface area contributed by atoms with E-state index in [1.165, 1.54) is 20.3 Å². The molecule has 134 valence electrons. The van der Waals surface area contributed by atoms with Gasteiger partial charge in [-0.2, -0.15) is 5.26 Å². The number of rotatable bonds is 7. The van der Waals surface area contributed by atoms with Gasteiger partial charge in [0.2, 0.25) is 0 Å². The molecule has 0 aliphatic carbocycles. The second-order valence-corrected chi connectivity index (χ2v) is 5.62. The van der Waals surface area contributed by atoms with Gasteiger partial charge in [0.1, 0.15) is 29.0 Å². The summed E-state index contributed by atoms with van der Waals surface area (Å²) in [5.41, 5.74) is 2.19. The highest BCUT2D eigenvalue weighted by Gasteiger charge is 2.08. The molecule has 0 fully saturated rings. The molecule has 2 aromatic rings. The standard InChI is InChI=1S/C21H22N2O3/c1-15(16-7-5-4-6-8-16)23-18(14-22)12-20(25-2)11-17-9-10-19(24)13-21(17)26-3/h4-13,15,23-24H,1-3H3. The molecular formula is C21H22N2O3. The number of phenolic OH excluding ortho intramolecular Hbond substituents is 1. The van der Waals surface area contributed by atoms with Crippen molar-refractivity contribution in [3.63, 3.8) is 0 Å². The molecule has 2 aromatic carbocycles. The van der Waals surface area contributed by atoms with Gasteiger partial charge >= 0.3 is 0 Å². The molecule has 0 aliphatic heterocycles. The molecule has 5 nitrogen and oxygen atoms in total. The van der Waals surface area contributed by atoms with Crippen LogP contribution in [0.15, 0.2) is 66.1 Å². The number of aromatic hydroxyl groups is 1. The molecule has 1 unspecified atom stereocenters. The molecule has 5 heteroatoms. The molecule has 2 N–H and O–H groups in total. The van der Waals surface area contributed by atoms with Crippen molar-refractivity contribution in [2.24, 2.45) is 0 Å². The Morgan fingerprint density at radius 2 is 1.92 bits per heavy atom. The summed E-state index contributed by atoms with van der Waals surface area (Å²) in [6, 6.07) is 16.8. The molecule has 0 saturated carbocycles. The van der Waals surface area contributed by atoms with E-state index in [1.807, 2.05) is 37.3 Å². The number of nitrogens with one attached hydrogen (secondary N) is 1. The van der Waals surface area contributed by atoms with Gasteiger partial charge in [0.05, 0.1) is 14.2 Å². The van der Waals surface area contributed by atoms with Gasteiger partial charge in [-0.15, -0.1) is 0 Å². The monoisotopic (exact) mass is 350 g/mol. The van der Waals surface area contributed by atoms with Crippen molar-refractivity contribution >= 4 is 6.08 Å². The third-order valence-corrected chi connectivity index (χ3v) is 3.83. The van der Waals surface area contributed by atoms with Gasteiger partial charge in [-0.1, -0.05) is 30.3 Å². The summed E-state index contributed by atoms with van der Waals surface area (Å²) < 4.78 is 10.6. The van der Waals surface area contributed by atoms with Crippen LogP contribution in [-0.2, 0) is 4.74 Å². The molecule has 0 aliphatic rings. The Kier molecular flexibility index (Phi) is 6.69. The van der Waals surface area contributed by atoms with Crippen LogP contribution in [0.1, 0.15) is 24.1 Å². The predicted molar refractivity (Wildman–Crippen MR) is 101 cm³/mol. The van der Waals surface area contributed by atoms with Crippen LogP contribution < -0.4 is 10.1 Å². The lowest BCUT2D eigenvalue weighted by Crippen LogP contribution is -2.17. The summed E-state index contributed by atoms with van der Waals surface area (Å²) in [6.45, 7) is 1.99. The zero-order valence-electron chi connectivity index (χ0n) is 15.1. The summed E-state index contributed by atoms with van der Waals surface area (Å²) in [5.74, 6) is 1.11. The Balaban J connectivity index is 2.26. The van der Waals surface area contributed by atoms with Crippen LogP contribution in [0, 0.1) is 11.3 Å². The Labute approximate surface area is 153 Å². The molecule has 0 heterocycles.